The molecule has 0 amide bonds. The highest BCUT2D eigenvalue weighted by Gasteiger charge is 2.58. The standard InChI is InChI=1S/C34H50O12/c1-19(35)42-18-25-27(43-20(2)36)28(44-21(3)37)29(45-22(4)38)30(46-25)41-16-15-32(5)14-11-24-23(17-32)9-10-26-33(24,6)12-8-13-34(26,7)31(39)40/h9,24-30H,8,10-18H2,1-7H3,(H,39,40)/t24-,25+,26+,27+,28-,29+,30+,32+,33+,34-/m0/s1. The fourth-order valence-corrected chi connectivity index (χ4v) is 8.69. The number of carboxylic acid groups (broad SMARTS) is 1. The van der Waals surface area contributed by atoms with Crippen LogP contribution in [0.15, 0.2) is 11.6 Å². The van der Waals surface area contributed by atoms with Gasteiger partial charge in [-0.25, -0.2) is 0 Å². The number of rotatable bonds is 10. The average molecular weight is 651 g/mol. The summed E-state index contributed by atoms with van der Waals surface area (Å²) in [6.07, 6.45) is 3.11. The molecule has 3 aliphatic carbocycles. The van der Waals surface area contributed by atoms with Gasteiger partial charge in [-0.2, -0.15) is 0 Å². The Bertz CT molecular complexity index is 1230. The number of carboxylic acids is 1. The first kappa shape index (κ1) is 35.9. The molecule has 46 heavy (non-hydrogen) atoms. The van der Waals surface area contributed by atoms with Crippen LogP contribution in [0.3, 0.4) is 0 Å². The molecule has 0 radical (unpaired) electrons. The smallest absolute Gasteiger partial charge is 0.309 e. The number of ether oxygens (including phenoxy) is 6. The predicted molar refractivity (Wildman–Crippen MR) is 162 cm³/mol. The van der Waals surface area contributed by atoms with Crippen LogP contribution in [0, 0.1) is 28.1 Å². The zero-order valence-corrected chi connectivity index (χ0v) is 28.1. The predicted octanol–water partition coefficient (Wildman–Crippen LogP) is 4.51. The Morgan fingerprint density at radius 2 is 1.50 bits per heavy atom. The fourth-order valence-electron chi connectivity index (χ4n) is 8.69. The van der Waals surface area contributed by atoms with Crippen molar-refractivity contribution in [3.8, 4) is 0 Å². The van der Waals surface area contributed by atoms with E-state index in [0.29, 0.717) is 18.8 Å². The number of hydrogen-bond acceptors (Lipinski definition) is 11. The molecule has 12 nitrogen and oxygen atoms in total. The topological polar surface area (TPSA) is 161 Å². The lowest BCUT2D eigenvalue weighted by Gasteiger charge is -2.58. The van der Waals surface area contributed by atoms with Gasteiger partial charge in [-0.3, -0.25) is 24.0 Å². The van der Waals surface area contributed by atoms with Gasteiger partial charge in [-0.05, 0) is 74.5 Å². The minimum absolute atomic E-state index is 0.0539. The summed E-state index contributed by atoms with van der Waals surface area (Å²) in [4.78, 5) is 60.2. The molecular weight excluding hydrogens is 600 g/mol. The third-order valence-corrected chi connectivity index (χ3v) is 10.9. The maximum Gasteiger partial charge on any atom is 0.309 e. The van der Waals surface area contributed by atoms with E-state index in [1.807, 2.05) is 6.92 Å². The van der Waals surface area contributed by atoms with Crippen molar-refractivity contribution in [2.75, 3.05) is 13.2 Å². The van der Waals surface area contributed by atoms with Crippen LogP contribution >= 0.6 is 0 Å². The Hall–Kier alpha value is -2.99. The minimum Gasteiger partial charge on any atom is -0.481 e. The molecule has 0 spiro atoms. The van der Waals surface area contributed by atoms with Crippen molar-refractivity contribution in [1.82, 2.24) is 0 Å². The van der Waals surface area contributed by atoms with E-state index in [4.69, 9.17) is 28.4 Å². The van der Waals surface area contributed by atoms with Crippen LogP contribution in [0.1, 0.15) is 99.8 Å². The second-order valence-corrected chi connectivity index (χ2v) is 14.4. The van der Waals surface area contributed by atoms with Crippen molar-refractivity contribution in [2.24, 2.45) is 28.1 Å². The van der Waals surface area contributed by atoms with Crippen molar-refractivity contribution in [3.63, 3.8) is 0 Å². The summed E-state index contributed by atoms with van der Waals surface area (Å²) < 4.78 is 33.9. The normalized spacial score (nSPS) is 38.7. The number of esters is 4. The van der Waals surface area contributed by atoms with Crippen LogP contribution in [-0.2, 0) is 52.4 Å². The lowest BCUT2D eigenvalue weighted by molar-refractivity contribution is -0.309. The zero-order valence-electron chi connectivity index (χ0n) is 28.1. The van der Waals surface area contributed by atoms with Crippen molar-refractivity contribution in [1.29, 1.82) is 0 Å². The molecule has 0 aromatic heterocycles. The van der Waals surface area contributed by atoms with E-state index in [2.05, 4.69) is 19.9 Å². The summed E-state index contributed by atoms with van der Waals surface area (Å²) >= 11 is 0. The molecule has 0 aromatic rings. The molecule has 258 valence electrons. The van der Waals surface area contributed by atoms with Gasteiger partial charge in [0.15, 0.2) is 24.6 Å². The first-order valence-electron chi connectivity index (χ1n) is 16.3. The Labute approximate surface area is 270 Å². The monoisotopic (exact) mass is 650 g/mol. The van der Waals surface area contributed by atoms with Crippen molar-refractivity contribution < 1.29 is 57.5 Å². The van der Waals surface area contributed by atoms with E-state index in [1.54, 1.807) is 0 Å². The third-order valence-electron chi connectivity index (χ3n) is 10.9. The van der Waals surface area contributed by atoms with E-state index < -0.39 is 66.0 Å². The first-order chi connectivity index (χ1) is 21.5. The molecule has 0 aromatic carbocycles. The molecular formula is C34H50O12. The Morgan fingerprint density at radius 3 is 2.11 bits per heavy atom. The SMILES string of the molecule is CC(=O)OC[C@H]1O[C@@H](OCC[C@@]2(C)CC[C@H]3C(=CC[C@@H]4[C@]3(C)CCC[C@]4(C)C(=O)O)C2)[C@H](OC(C)=O)[C@@H](OC(C)=O)[C@@H]1OC(C)=O. The highest BCUT2D eigenvalue weighted by molar-refractivity contribution is 5.75. The molecule has 10 atom stereocenters. The van der Waals surface area contributed by atoms with Crippen LogP contribution in [0.2, 0.25) is 0 Å². The van der Waals surface area contributed by atoms with Crippen LogP contribution < -0.4 is 0 Å². The Kier molecular flexibility index (Phi) is 10.9. The van der Waals surface area contributed by atoms with Crippen LogP contribution in [0.5, 0.6) is 0 Å². The highest BCUT2D eigenvalue weighted by atomic mass is 16.7. The quantitative estimate of drug-likeness (QED) is 0.200. The van der Waals surface area contributed by atoms with Gasteiger partial charge in [0.1, 0.15) is 12.7 Å². The molecule has 4 aliphatic rings. The second-order valence-electron chi connectivity index (χ2n) is 14.4. The number of aliphatic carboxylic acids is 1. The van der Waals surface area contributed by atoms with Crippen LogP contribution in [0.25, 0.3) is 0 Å². The molecule has 4 rings (SSSR count). The molecule has 3 fully saturated rings. The van der Waals surface area contributed by atoms with Gasteiger partial charge in [0.05, 0.1) is 12.0 Å². The van der Waals surface area contributed by atoms with E-state index >= 15 is 0 Å². The second kappa shape index (κ2) is 14.0. The van der Waals surface area contributed by atoms with E-state index in [1.165, 1.54) is 33.3 Å². The molecule has 2 saturated carbocycles. The van der Waals surface area contributed by atoms with E-state index in [-0.39, 0.29) is 30.0 Å². The maximum atomic E-state index is 12.4. The molecule has 12 heteroatoms. The van der Waals surface area contributed by atoms with Gasteiger partial charge in [0, 0.05) is 27.7 Å². The van der Waals surface area contributed by atoms with Crippen molar-refractivity contribution in [2.45, 2.75) is 131 Å². The summed E-state index contributed by atoms with van der Waals surface area (Å²) in [6.45, 7) is 11.1. The first-order valence-corrected chi connectivity index (χ1v) is 16.3. The summed E-state index contributed by atoms with van der Waals surface area (Å²) in [7, 11) is 0. The average Bonchev–Trinajstić information content (AvgIpc) is 2.93. The summed E-state index contributed by atoms with van der Waals surface area (Å²) in [5, 5.41) is 10.1. The number of fused-ring (bicyclic) bond motifs is 3. The molecule has 1 N–H and O–H groups in total. The summed E-state index contributed by atoms with van der Waals surface area (Å²) in [5.74, 6) is -2.90. The third kappa shape index (κ3) is 7.59. The molecule has 1 heterocycles. The van der Waals surface area contributed by atoms with Gasteiger partial charge in [-0.15, -0.1) is 0 Å². The molecule has 0 bridgehead atoms. The van der Waals surface area contributed by atoms with Gasteiger partial charge in [0.25, 0.3) is 0 Å². The van der Waals surface area contributed by atoms with Crippen molar-refractivity contribution in [3.05, 3.63) is 11.6 Å². The van der Waals surface area contributed by atoms with Gasteiger partial charge in [-0.1, -0.05) is 31.9 Å². The van der Waals surface area contributed by atoms with Gasteiger partial charge < -0.3 is 33.5 Å². The summed E-state index contributed by atoms with van der Waals surface area (Å²) in [6, 6.07) is 0. The Morgan fingerprint density at radius 1 is 0.870 bits per heavy atom. The number of allylic oxidation sites excluding steroid dienone is 2. The lowest BCUT2D eigenvalue weighted by Crippen LogP contribution is -2.63. The fraction of sp³-hybridized carbons (Fsp3) is 0.794. The highest BCUT2D eigenvalue weighted by Crippen LogP contribution is 2.64. The maximum absolute atomic E-state index is 12.4. The Balaban J connectivity index is 1.49. The van der Waals surface area contributed by atoms with E-state index in [0.717, 1.165) is 38.5 Å². The summed E-state index contributed by atoms with van der Waals surface area (Å²) in [5.41, 5.74) is 0.527. The van der Waals surface area contributed by atoms with Gasteiger partial charge >= 0.3 is 29.8 Å². The molecule has 1 saturated heterocycles. The molecule has 1 aliphatic heterocycles. The minimum atomic E-state index is -1.27. The van der Waals surface area contributed by atoms with Gasteiger partial charge in [0.2, 0.25) is 0 Å². The number of hydrogen-bond donors (Lipinski definition) is 1. The zero-order chi connectivity index (χ0) is 34.0. The van der Waals surface area contributed by atoms with Crippen LogP contribution in [-0.4, -0.2) is 78.9 Å². The van der Waals surface area contributed by atoms with E-state index in [9.17, 15) is 29.1 Å². The van der Waals surface area contributed by atoms with Crippen molar-refractivity contribution >= 4 is 29.8 Å². The molecule has 0 unspecified atom stereocenters. The lowest BCUT2D eigenvalue weighted by atomic mass is 9.45. The number of carbonyl (C=O) groups excluding carboxylic acids is 4. The van der Waals surface area contributed by atoms with Crippen LogP contribution in [0.4, 0.5) is 0 Å². The largest absolute Gasteiger partial charge is 0.481 e. The number of carbonyl (C=O) groups is 5.